The summed E-state index contributed by atoms with van der Waals surface area (Å²) in [6.07, 6.45) is 6.33. The van der Waals surface area contributed by atoms with Gasteiger partial charge < -0.3 is 9.47 Å². The van der Waals surface area contributed by atoms with E-state index in [1.54, 1.807) is 19.5 Å². The molecule has 3 aromatic rings. The Morgan fingerprint density at radius 1 is 1.26 bits per heavy atom. The summed E-state index contributed by atoms with van der Waals surface area (Å²) in [5.41, 5.74) is 1.81. The number of hydrogen-bond acceptors (Lipinski definition) is 6. The number of ether oxygens (including phenoxy) is 2. The van der Waals surface area contributed by atoms with Crippen LogP contribution in [-0.4, -0.2) is 33.2 Å². The molecule has 7 heteroatoms. The van der Waals surface area contributed by atoms with E-state index in [2.05, 4.69) is 20.2 Å². The molecule has 116 valence electrons. The molecule has 2 aromatic heterocycles. The molecule has 0 N–H and O–H groups in total. The van der Waals surface area contributed by atoms with Crippen molar-refractivity contribution >= 4 is 6.21 Å². The maximum Gasteiger partial charge on any atom is 0.213 e. The second kappa shape index (κ2) is 7.17. The highest BCUT2D eigenvalue weighted by Gasteiger charge is 2.05. The smallest absolute Gasteiger partial charge is 0.213 e. The van der Waals surface area contributed by atoms with Gasteiger partial charge in [0.15, 0.2) is 0 Å². The third-order valence-corrected chi connectivity index (χ3v) is 3.05. The van der Waals surface area contributed by atoms with Gasteiger partial charge in [-0.1, -0.05) is 6.07 Å². The van der Waals surface area contributed by atoms with Gasteiger partial charge in [-0.05, 0) is 29.8 Å². The van der Waals surface area contributed by atoms with E-state index in [-0.39, 0.29) is 0 Å². The predicted molar refractivity (Wildman–Crippen MR) is 84.6 cm³/mol. The van der Waals surface area contributed by atoms with Crippen LogP contribution in [0, 0.1) is 0 Å². The van der Waals surface area contributed by atoms with E-state index in [1.165, 1.54) is 17.4 Å². The van der Waals surface area contributed by atoms with Crippen molar-refractivity contribution in [3.8, 4) is 11.6 Å². The molecule has 0 spiro atoms. The van der Waals surface area contributed by atoms with Crippen LogP contribution in [0.3, 0.4) is 0 Å². The Hall–Kier alpha value is -3.22. The number of methoxy groups -OCH3 is 1. The quantitative estimate of drug-likeness (QED) is 0.652. The van der Waals surface area contributed by atoms with Crippen molar-refractivity contribution in [3.63, 3.8) is 0 Å². The SMILES string of the molecule is COc1ccc(/C=N/n2cncn2)cc1COc1ccccn1. The summed E-state index contributed by atoms with van der Waals surface area (Å²) < 4.78 is 11.0. The van der Waals surface area contributed by atoms with E-state index in [0.29, 0.717) is 12.5 Å². The lowest BCUT2D eigenvalue weighted by Gasteiger charge is -2.10. The third kappa shape index (κ3) is 3.91. The molecule has 0 fully saturated rings. The summed E-state index contributed by atoms with van der Waals surface area (Å²) in [5.74, 6) is 1.31. The average Bonchev–Trinajstić information content (AvgIpc) is 3.12. The van der Waals surface area contributed by atoms with Gasteiger partial charge in [0.1, 0.15) is 25.0 Å². The van der Waals surface area contributed by atoms with E-state index in [0.717, 1.165) is 16.9 Å². The molecule has 1 aromatic carbocycles. The lowest BCUT2D eigenvalue weighted by Crippen LogP contribution is -2.01. The lowest BCUT2D eigenvalue weighted by molar-refractivity contribution is 0.285. The number of aromatic nitrogens is 4. The topological polar surface area (TPSA) is 74.4 Å². The number of rotatable bonds is 6. The Morgan fingerprint density at radius 3 is 2.96 bits per heavy atom. The van der Waals surface area contributed by atoms with Crippen molar-refractivity contribution in [2.75, 3.05) is 7.11 Å². The van der Waals surface area contributed by atoms with E-state index in [1.807, 2.05) is 36.4 Å². The van der Waals surface area contributed by atoms with E-state index in [4.69, 9.17) is 9.47 Å². The normalized spacial score (nSPS) is 10.8. The number of benzene rings is 1. The monoisotopic (exact) mass is 309 g/mol. The second-order valence-electron chi connectivity index (χ2n) is 4.59. The zero-order chi connectivity index (χ0) is 15.9. The summed E-state index contributed by atoms with van der Waals surface area (Å²) in [6, 6.07) is 11.3. The van der Waals surface area contributed by atoms with Gasteiger partial charge in [0.2, 0.25) is 5.88 Å². The summed E-state index contributed by atoms with van der Waals surface area (Å²) >= 11 is 0. The fourth-order valence-electron chi connectivity index (χ4n) is 1.96. The molecule has 0 radical (unpaired) electrons. The Balaban J connectivity index is 1.76. The minimum Gasteiger partial charge on any atom is -0.496 e. The van der Waals surface area contributed by atoms with Crippen LogP contribution >= 0.6 is 0 Å². The molecule has 0 saturated heterocycles. The molecule has 0 saturated carbocycles. The zero-order valence-corrected chi connectivity index (χ0v) is 12.5. The summed E-state index contributed by atoms with van der Waals surface area (Å²) in [5, 5.41) is 8.09. The van der Waals surface area contributed by atoms with Crippen molar-refractivity contribution < 1.29 is 9.47 Å². The molecule has 0 amide bonds. The summed E-state index contributed by atoms with van der Waals surface area (Å²) in [6.45, 7) is 0.352. The van der Waals surface area contributed by atoms with Crippen LogP contribution in [0.25, 0.3) is 0 Å². The largest absolute Gasteiger partial charge is 0.496 e. The van der Waals surface area contributed by atoms with Gasteiger partial charge in [0.25, 0.3) is 0 Å². The van der Waals surface area contributed by atoms with Gasteiger partial charge in [-0.2, -0.15) is 5.10 Å². The second-order valence-corrected chi connectivity index (χ2v) is 4.59. The molecular formula is C16H15N5O2. The van der Waals surface area contributed by atoms with Gasteiger partial charge in [0.05, 0.1) is 13.3 Å². The van der Waals surface area contributed by atoms with Crippen LogP contribution in [-0.2, 0) is 6.61 Å². The molecule has 0 aliphatic heterocycles. The third-order valence-electron chi connectivity index (χ3n) is 3.05. The van der Waals surface area contributed by atoms with Crippen molar-refractivity contribution in [2.24, 2.45) is 5.10 Å². The number of nitrogens with zero attached hydrogens (tertiary/aromatic N) is 5. The average molecular weight is 309 g/mol. The Bertz CT molecular complexity index is 772. The van der Waals surface area contributed by atoms with Crippen LogP contribution in [0.4, 0.5) is 0 Å². The van der Waals surface area contributed by atoms with Crippen molar-refractivity contribution in [1.82, 2.24) is 19.9 Å². The van der Waals surface area contributed by atoms with Crippen LogP contribution in [0.5, 0.6) is 11.6 Å². The van der Waals surface area contributed by atoms with Crippen LogP contribution < -0.4 is 9.47 Å². The molecule has 0 unspecified atom stereocenters. The summed E-state index contributed by atoms with van der Waals surface area (Å²) in [7, 11) is 1.63. The molecule has 0 bridgehead atoms. The van der Waals surface area contributed by atoms with E-state index >= 15 is 0 Å². The molecule has 0 atom stereocenters. The van der Waals surface area contributed by atoms with Gasteiger partial charge in [-0.3, -0.25) is 0 Å². The number of pyridine rings is 1. The molecule has 0 aliphatic rings. The first-order valence-electron chi connectivity index (χ1n) is 6.95. The predicted octanol–water partition coefficient (Wildman–Crippen LogP) is 2.14. The maximum absolute atomic E-state index is 5.68. The van der Waals surface area contributed by atoms with Crippen molar-refractivity contribution in [3.05, 3.63) is 66.4 Å². The van der Waals surface area contributed by atoms with Crippen LogP contribution in [0.1, 0.15) is 11.1 Å². The lowest BCUT2D eigenvalue weighted by atomic mass is 10.1. The van der Waals surface area contributed by atoms with Gasteiger partial charge >= 0.3 is 0 Å². The number of hydrogen-bond donors (Lipinski definition) is 0. The molecular weight excluding hydrogens is 294 g/mol. The molecule has 7 nitrogen and oxygen atoms in total. The van der Waals surface area contributed by atoms with Gasteiger partial charge in [0, 0.05) is 17.8 Å². The van der Waals surface area contributed by atoms with E-state index in [9.17, 15) is 0 Å². The zero-order valence-electron chi connectivity index (χ0n) is 12.5. The minimum absolute atomic E-state index is 0.352. The molecule has 3 rings (SSSR count). The Labute approximate surface area is 133 Å². The van der Waals surface area contributed by atoms with E-state index < -0.39 is 0 Å². The highest BCUT2D eigenvalue weighted by Crippen LogP contribution is 2.21. The minimum atomic E-state index is 0.352. The first-order chi connectivity index (χ1) is 11.3. The van der Waals surface area contributed by atoms with Gasteiger partial charge in [-0.25, -0.2) is 9.97 Å². The summed E-state index contributed by atoms with van der Waals surface area (Å²) in [4.78, 5) is 9.35. The van der Waals surface area contributed by atoms with Gasteiger partial charge in [-0.15, -0.1) is 9.89 Å². The highest BCUT2D eigenvalue weighted by molar-refractivity contribution is 5.80. The fourth-order valence-corrected chi connectivity index (χ4v) is 1.96. The van der Waals surface area contributed by atoms with Crippen LogP contribution in [0.15, 0.2) is 60.4 Å². The van der Waals surface area contributed by atoms with Crippen LogP contribution in [0.2, 0.25) is 0 Å². The standard InChI is InChI=1S/C16H15N5O2/c1-22-15-6-5-13(9-19-21-12-17-11-20-21)8-14(15)10-23-16-4-2-3-7-18-16/h2-9,11-12H,10H2,1H3/b19-9+. The highest BCUT2D eigenvalue weighted by atomic mass is 16.5. The Morgan fingerprint density at radius 2 is 2.22 bits per heavy atom. The molecule has 2 heterocycles. The molecule has 23 heavy (non-hydrogen) atoms. The van der Waals surface area contributed by atoms with Crippen molar-refractivity contribution in [2.45, 2.75) is 6.61 Å². The fraction of sp³-hybridized carbons (Fsp3) is 0.125. The molecule has 0 aliphatic carbocycles. The first-order valence-corrected chi connectivity index (χ1v) is 6.95. The van der Waals surface area contributed by atoms with Crippen molar-refractivity contribution in [1.29, 1.82) is 0 Å². The Kier molecular flexibility index (Phi) is 4.58. The maximum atomic E-state index is 5.68. The first kappa shape index (κ1) is 14.7.